The highest BCUT2D eigenvalue weighted by atomic mass is 79.9. The number of nitrogens with zero attached hydrogens (tertiary/aromatic N) is 2. The van der Waals surface area contributed by atoms with E-state index in [2.05, 4.69) is 32.5 Å². The van der Waals surface area contributed by atoms with Crippen molar-refractivity contribution in [2.75, 3.05) is 18.0 Å². The van der Waals surface area contributed by atoms with E-state index in [9.17, 15) is 4.79 Å². The van der Waals surface area contributed by atoms with Gasteiger partial charge in [-0.05, 0) is 22.9 Å². The third-order valence-electron chi connectivity index (χ3n) is 1.81. The van der Waals surface area contributed by atoms with Gasteiger partial charge < -0.3 is 9.88 Å². The van der Waals surface area contributed by atoms with Crippen LogP contribution in [-0.4, -0.2) is 23.1 Å². The number of anilines is 1. The molecule has 14 heavy (non-hydrogen) atoms. The van der Waals surface area contributed by atoms with Gasteiger partial charge in [-0.15, -0.1) is 6.58 Å². The molecule has 4 nitrogen and oxygen atoms in total. The summed E-state index contributed by atoms with van der Waals surface area (Å²) >= 11 is 3.21. The van der Waals surface area contributed by atoms with Gasteiger partial charge in [0.15, 0.2) is 5.82 Å². The second kappa shape index (κ2) is 4.95. The summed E-state index contributed by atoms with van der Waals surface area (Å²) in [7, 11) is 0. The Morgan fingerprint density at radius 2 is 2.50 bits per heavy atom. The van der Waals surface area contributed by atoms with Crippen molar-refractivity contribution in [2.45, 2.75) is 6.92 Å². The van der Waals surface area contributed by atoms with Crippen molar-refractivity contribution in [1.29, 1.82) is 0 Å². The van der Waals surface area contributed by atoms with Crippen LogP contribution in [0.5, 0.6) is 0 Å². The summed E-state index contributed by atoms with van der Waals surface area (Å²) in [4.78, 5) is 19.8. The molecule has 0 bridgehead atoms. The molecule has 0 amide bonds. The molecule has 0 radical (unpaired) electrons. The van der Waals surface area contributed by atoms with Crippen LogP contribution in [0.25, 0.3) is 0 Å². The van der Waals surface area contributed by atoms with E-state index in [0.717, 1.165) is 6.54 Å². The highest BCUT2D eigenvalue weighted by molar-refractivity contribution is 9.10. The first-order chi connectivity index (χ1) is 6.70. The Morgan fingerprint density at radius 1 is 1.79 bits per heavy atom. The summed E-state index contributed by atoms with van der Waals surface area (Å²) < 4.78 is 0.462. The van der Waals surface area contributed by atoms with E-state index in [4.69, 9.17) is 0 Å². The van der Waals surface area contributed by atoms with Crippen LogP contribution in [0.1, 0.15) is 6.92 Å². The monoisotopic (exact) mass is 257 g/mol. The van der Waals surface area contributed by atoms with Gasteiger partial charge in [0, 0.05) is 13.1 Å². The van der Waals surface area contributed by atoms with E-state index < -0.39 is 0 Å². The molecule has 0 aliphatic carbocycles. The predicted octanol–water partition coefficient (Wildman–Crippen LogP) is 1.54. The van der Waals surface area contributed by atoms with Crippen molar-refractivity contribution >= 4 is 21.7 Å². The number of rotatable bonds is 4. The van der Waals surface area contributed by atoms with E-state index in [0.29, 0.717) is 16.8 Å². The quantitative estimate of drug-likeness (QED) is 0.833. The van der Waals surface area contributed by atoms with E-state index in [1.165, 1.54) is 6.33 Å². The molecule has 5 heteroatoms. The van der Waals surface area contributed by atoms with Crippen molar-refractivity contribution in [3.8, 4) is 0 Å². The van der Waals surface area contributed by atoms with Gasteiger partial charge in [0.05, 0.1) is 6.33 Å². The minimum Gasteiger partial charge on any atom is -0.352 e. The second-order valence-corrected chi connectivity index (χ2v) is 3.49. The maximum absolute atomic E-state index is 11.3. The fraction of sp³-hybridized carbons (Fsp3) is 0.333. The number of H-pyrrole nitrogens is 1. The Labute approximate surface area is 90.8 Å². The SMILES string of the molecule is C=CCN(CC)c1nc[nH]c(=O)c1Br. The summed E-state index contributed by atoms with van der Waals surface area (Å²) in [5.74, 6) is 0.649. The molecular weight excluding hydrogens is 246 g/mol. The third kappa shape index (κ3) is 2.23. The van der Waals surface area contributed by atoms with Crippen molar-refractivity contribution in [3.63, 3.8) is 0 Å². The van der Waals surface area contributed by atoms with Gasteiger partial charge in [0.2, 0.25) is 0 Å². The predicted molar refractivity (Wildman–Crippen MR) is 60.6 cm³/mol. The zero-order valence-electron chi connectivity index (χ0n) is 7.96. The Bertz CT molecular complexity index is 375. The van der Waals surface area contributed by atoms with Crippen LogP contribution in [0.4, 0.5) is 5.82 Å². The van der Waals surface area contributed by atoms with E-state index in [-0.39, 0.29) is 5.56 Å². The molecule has 0 fully saturated rings. The van der Waals surface area contributed by atoms with Crippen LogP contribution in [0, 0.1) is 0 Å². The molecule has 76 valence electrons. The van der Waals surface area contributed by atoms with Gasteiger partial charge in [-0.2, -0.15) is 0 Å². The molecule has 0 aliphatic rings. The molecule has 0 aliphatic heterocycles. The zero-order chi connectivity index (χ0) is 10.6. The van der Waals surface area contributed by atoms with Gasteiger partial charge >= 0.3 is 0 Å². The van der Waals surface area contributed by atoms with Gasteiger partial charge in [0.25, 0.3) is 5.56 Å². The Balaban J connectivity index is 3.09. The first-order valence-corrected chi connectivity index (χ1v) is 5.09. The first-order valence-electron chi connectivity index (χ1n) is 4.29. The molecule has 1 rings (SSSR count). The molecule has 0 spiro atoms. The Morgan fingerprint density at radius 3 is 3.07 bits per heavy atom. The number of likely N-dealkylation sites (N-methyl/N-ethyl adjacent to an activating group) is 1. The zero-order valence-corrected chi connectivity index (χ0v) is 9.54. The Hall–Kier alpha value is -1.10. The maximum atomic E-state index is 11.3. The average molecular weight is 258 g/mol. The number of nitrogens with one attached hydrogen (secondary N) is 1. The largest absolute Gasteiger partial charge is 0.352 e. The summed E-state index contributed by atoms with van der Waals surface area (Å²) in [5.41, 5.74) is -0.169. The van der Waals surface area contributed by atoms with Crippen LogP contribution < -0.4 is 10.5 Å². The van der Waals surface area contributed by atoms with E-state index in [1.807, 2.05) is 11.8 Å². The van der Waals surface area contributed by atoms with Crippen LogP contribution in [0.15, 0.2) is 28.2 Å². The fourth-order valence-corrected chi connectivity index (χ4v) is 1.58. The minimum atomic E-state index is -0.169. The van der Waals surface area contributed by atoms with E-state index in [1.54, 1.807) is 6.08 Å². The molecule has 1 aromatic rings. The molecule has 0 aromatic carbocycles. The highest BCUT2D eigenvalue weighted by Gasteiger charge is 2.10. The maximum Gasteiger partial charge on any atom is 0.267 e. The second-order valence-electron chi connectivity index (χ2n) is 2.70. The van der Waals surface area contributed by atoms with Gasteiger partial charge in [-0.25, -0.2) is 4.98 Å². The van der Waals surface area contributed by atoms with Crippen LogP contribution in [0.3, 0.4) is 0 Å². The molecule has 1 aromatic heterocycles. The number of hydrogen-bond donors (Lipinski definition) is 1. The molecule has 0 saturated heterocycles. The van der Waals surface area contributed by atoms with Crippen molar-refractivity contribution in [2.24, 2.45) is 0 Å². The lowest BCUT2D eigenvalue weighted by atomic mass is 10.4. The smallest absolute Gasteiger partial charge is 0.267 e. The summed E-state index contributed by atoms with van der Waals surface area (Å²) in [6.45, 7) is 7.11. The lowest BCUT2D eigenvalue weighted by molar-refractivity contribution is 0.867. The lowest BCUT2D eigenvalue weighted by Gasteiger charge is -2.20. The molecule has 0 unspecified atom stereocenters. The summed E-state index contributed by atoms with van der Waals surface area (Å²) in [6.07, 6.45) is 3.17. The summed E-state index contributed by atoms with van der Waals surface area (Å²) in [5, 5.41) is 0. The Kier molecular flexibility index (Phi) is 3.88. The van der Waals surface area contributed by atoms with Crippen molar-refractivity contribution in [3.05, 3.63) is 33.8 Å². The van der Waals surface area contributed by atoms with Gasteiger partial charge in [-0.1, -0.05) is 6.08 Å². The van der Waals surface area contributed by atoms with E-state index >= 15 is 0 Å². The van der Waals surface area contributed by atoms with Crippen LogP contribution in [-0.2, 0) is 0 Å². The molecule has 1 N–H and O–H groups in total. The number of hydrogen-bond acceptors (Lipinski definition) is 3. The third-order valence-corrected chi connectivity index (χ3v) is 2.52. The van der Waals surface area contributed by atoms with Gasteiger partial charge in [0.1, 0.15) is 4.47 Å². The van der Waals surface area contributed by atoms with Crippen molar-refractivity contribution in [1.82, 2.24) is 9.97 Å². The van der Waals surface area contributed by atoms with Gasteiger partial charge in [-0.3, -0.25) is 4.79 Å². The van der Waals surface area contributed by atoms with Crippen LogP contribution in [0.2, 0.25) is 0 Å². The molecule has 0 saturated carbocycles. The first kappa shape index (κ1) is 11.0. The molecule has 1 heterocycles. The summed E-state index contributed by atoms with van der Waals surface area (Å²) in [6, 6.07) is 0. The fourth-order valence-electron chi connectivity index (χ4n) is 1.12. The van der Waals surface area contributed by atoms with Crippen LogP contribution >= 0.6 is 15.9 Å². The number of aromatic nitrogens is 2. The minimum absolute atomic E-state index is 0.169. The number of halogens is 1. The lowest BCUT2D eigenvalue weighted by Crippen LogP contribution is -2.26. The van der Waals surface area contributed by atoms with Crippen molar-refractivity contribution < 1.29 is 0 Å². The molecular formula is C9H12BrN3O. The average Bonchev–Trinajstić information content (AvgIpc) is 2.19. The highest BCUT2D eigenvalue weighted by Crippen LogP contribution is 2.18. The topological polar surface area (TPSA) is 49.0 Å². The normalized spacial score (nSPS) is 9.86. The molecule has 0 atom stereocenters. The standard InChI is InChI=1S/C9H12BrN3O/c1-3-5-13(4-2)8-7(10)9(14)12-6-11-8/h3,6H,1,4-5H2,2H3,(H,11,12,14). The number of aromatic amines is 1.